The summed E-state index contributed by atoms with van der Waals surface area (Å²) in [6.45, 7) is -0.373. The van der Waals surface area contributed by atoms with Gasteiger partial charge in [-0.15, -0.1) is 0 Å². The van der Waals surface area contributed by atoms with Crippen LogP contribution in [0.25, 0.3) is 0 Å². The molecular weight excluding hydrogens is 679 g/mol. The van der Waals surface area contributed by atoms with Gasteiger partial charge in [-0.3, -0.25) is 33.9 Å². The Balaban J connectivity index is 1.42. The summed E-state index contributed by atoms with van der Waals surface area (Å²) >= 11 is 14.0. The molecule has 4 aromatic rings. The highest BCUT2D eigenvalue weighted by Gasteiger charge is 2.57. The van der Waals surface area contributed by atoms with E-state index in [2.05, 4.69) is 5.32 Å². The van der Waals surface area contributed by atoms with Crippen LogP contribution in [0, 0.1) is 16.0 Å². The van der Waals surface area contributed by atoms with Crippen LogP contribution >= 0.6 is 46.3 Å². The van der Waals surface area contributed by atoms with Crippen LogP contribution in [0.5, 0.6) is 11.5 Å². The number of carbonyl (C=O) groups is 3. The maximum absolute atomic E-state index is 14.1. The lowest BCUT2D eigenvalue weighted by Crippen LogP contribution is -2.33. The minimum atomic E-state index is -0.966. The van der Waals surface area contributed by atoms with Crippen LogP contribution in [-0.2, 0) is 20.9 Å². The third kappa shape index (κ3) is 5.51. The number of nitro benzene ring substituents is 1. The van der Waals surface area contributed by atoms with Crippen molar-refractivity contribution in [1.82, 2.24) is 4.57 Å². The van der Waals surface area contributed by atoms with Gasteiger partial charge in [-0.05, 0) is 48.0 Å². The summed E-state index contributed by atoms with van der Waals surface area (Å²) in [5, 5.41) is 13.9. The Bertz CT molecular complexity index is 1980. The van der Waals surface area contributed by atoms with Crippen molar-refractivity contribution < 1.29 is 28.8 Å². The summed E-state index contributed by atoms with van der Waals surface area (Å²) in [4.78, 5) is 66.3. The summed E-state index contributed by atoms with van der Waals surface area (Å²) < 4.78 is 12.2. The van der Waals surface area contributed by atoms with Crippen LogP contribution in [0.15, 0.2) is 70.5 Å². The third-order valence-corrected chi connectivity index (χ3v) is 11.0. The number of non-ortho nitro benzene ring substituents is 1. The summed E-state index contributed by atoms with van der Waals surface area (Å²) in [5.74, 6) is -2.46. The van der Waals surface area contributed by atoms with Crippen LogP contribution in [0.3, 0.4) is 0 Å². The number of thiazole rings is 1. The van der Waals surface area contributed by atoms with Crippen LogP contribution in [0.2, 0.25) is 10.0 Å². The van der Waals surface area contributed by atoms with E-state index < -0.39 is 44.6 Å². The first kappa shape index (κ1) is 31.6. The number of benzene rings is 3. The van der Waals surface area contributed by atoms with Crippen LogP contribution in [0.1, 0.15) is 16.4 Å². The largest absolute Gasteiger partial charge is 0.493 e. The molecule has 0 saturated carbocycles. The Morgan fingerprint density at radius 1 is 0.957 bits per heavy atom. The Morgan fingerprint density at radius 2 is 1.67 bits per heavy atom. The Labute approximate surface area is 279 Å². The molecule has 0 radical (unpaired) electrons. The minimum Gasteiger partial charge on any atom is -0.493 e. The molecule has 236 valence electrons. The molecule has 1 fully saturated rings. The van der Waals surface area contributed by atoms with E-state index in [1.807, 2.05) is 0 Å². The Morgan fingerprint density at radius 3 is 2.33 bits per heavy atom. The lowest BCUT2D eigenvalue weighted by molar-refractivity contribution is -0.384. The monoisotopic (exact) mass is 700 g/mol. The number of carbonyl (C=O) groups excluding carboxylic acids is 3. The molecule has 3 amide bonds. The molecule has 0 aliphatic carbocycles. The van der Waals surface area contributed by atoms with Gasteiger partial charge < -0.3 is 14.8 Å². The predicted octanol–water partition coefficient (Wildman–Crippen LogP) is 5.58. The van der Waals surface area contributed by atoms with Crippen molar-refractivity contribution in [3.63, 3.8) is 0 Å². The lowest BCUT2D eigenvalue weighted by atomic mass is 9.83. The van der Waals surface area contributed by atoms with E-state index in [0.717, 1.165) is 28.0 Å². The van der Waals surface area contributed by atoms with Gasteiger partial charge in [-0.2, -0.15) is 0 Å². The average Bonchev–Trinajstić information content (AvgIpc) is 3.48. The molecule has 6 rings (SSSR count). The van der Waals surface area contributed by atoms with Gasteiger partial charge >= 0.3 is 4.87 Å². The molecule has 1 aromatic heterocycles. The summed E-state index contributed by atoms with van der Waals surface area (Å²) in [6, 6.07) is 14.8. The third-order valence-electron chi connectivity index (χ3n) is 7.64. The van der Waals surface area contributed by atoms with Crippen molar-refractivity contribution in [2.24, 2.45) is 5.92 Å². The zero-order valence-corrected chi connectivity index (χ0v) is 27.0. The van der Waals surface area contributed by atoms with E-state index in [9.17, 15) is 29.3 Å². The van der Waals surface area contributed by atoms with Gasteiger partial charge in [0.25, 0.3) is 5.69 Å². The highest BCUT2D eigenvalue weighted by molar-refractivity contribution is 8.00. The van der Waals surface area contributed by atoms with Crippen LogP contribution in [-0.4, -0.2) is 46.7 Å². The van der Waals surface area contributed by atoms with E-state index in [0.29, 0.717) is 37.7 Å². The zero-order chi connectivity index (χ0) is 32.9. The zero-order valence-electron chi connectivity index (χ0n) is 23.9. The maximum atomic E-state index is 14.1. The van der Waals surface area contributed by atoms with E-state index in [1.54, 1.807) is 24.3 Å². The number of thioether (sulfide) groups is 1. The summed E-state index contributed by atoms with van der Waals surface area (Å²) in [6.07, 6.45) is 0. The number of nitrogens with zero attached hydrogens (tertiary/aromatic N) is 3. The molecule has 1 N–H and O–H groups in total. The van der Waals surface area contributed by atoms with Crippen molar-refractivity contribution in [3.05, 3.63) is 101 Å². The number of anilines is 2. The number of methoxy groups -OCH3 is 2. The van der Waals surface area contributed by atoms with Gasteiger partial charge in [0.1, 0.15) is 11.8 Å². The SMILES string of the molecule is COc1ccc(C2c3sc(=O)n(CC(=O)Nc4ccc(Cl)c(Cl)c4)c3SC3C(=O)N(c4ccc([N+](=O)[O-])cc4)C(=O)C32)cc1OC. The normalized spacial score (nSPS) is 18.6. The van der Waals surface area contributed by atoms with Gasteiger partial charge in [-0.25, -0.2) is 4.90 Å². The molecule has 0 bridgehead atoms. The summed E-state index contributed by atoms with van der Waals surface area (Å²) in [5.41, 5.74) is 0.962. The number of halogens is 2. The van der Waals surface area contributed by atoms with Crippen molar-refractivity contribution in [2.45, 2.75) is 22.7 Å². The van der Waals surface area contributed by atoms with Gasteiger partial charge in [0.2, 0.25) is 17.7 Å². The highest BCUT2D eigenvalue weighted by atomic mass is 35.5. The number of aromatic nitrogens is 1. The van der Waals surface area contributed by atoms with E-state index in [1.165, 1.54) is 55.2 Å². The number of hydrogen-bond acceptors (Lipinski definition) is 10. The number of fused-ring (bicyclic) bond motifs is 2. The standard InChI is InChI=1S/C30H22Cl2N4O8S2/c1-43-20-10-3-14(11-21(20)44-2)23-24-25(28(39)35(27(24)38)16-5-7-17(8-6-16)36(41)42)45-29-26(23)46-30(40)34(29)13-22(37)33-15-4-9-18(31)19(32)12-15/h3-12,23-25H,13H2,1-2H3,(H,33,37). The number of nitro groups is 1. The molecule has 3 aromatic carbocycles. The smallest absolute Gasteiger partial charge is 0.308 e. The fourth-order valence-electron chi connectivity index (χ4n) is 5.56. The molecule has 2 aliphatic rings. The molecule has 0 spiro atoms. The van der Waals surface area contributed by atoms with Gasteiger partial charge in [-0.1, -0.05) is 52.4 Å². The topological polar surface area (TPSA) is 150 Å². The molecular formula is C30H22Cl2N4O8S2. The molecule has 16 heteroatoms. The number of amides is 3. The quantitative estimate of drug-likeness (QED) is 0.141. The second kappa shape index (κ2) is 12.4. The molecule has 3 atom stereocenters. The Hall–Kier alpha value is -4.37. The predicted molar refractivity (Wildman–Crippen MR) is 174 cm³/mol. The maximum Gasteiger partial charge on any atom is 0.308 e. The fourth-order valence-corrected chi connectivity index (χ4v) is 8.63. The Kier molecular flexibility index (Phi) is 8.55. The lowest BCUT2D eigenvalue weighted by Gasteiger charge is -2.31. The number of nitrogens with one attached hydrogen (secondary N) is 1. The number of hydrogen-bond donors (Lipinski definition) is 1. The first-order valence-corrected chi connectivity index (χ1v) is 16.0. The fraction of sp³-hybridized carbons (Fsp3) is 0.200. The molecule has 46 heavy (non-hydrogen) atoms. The minimum absolute atomic E-state index is 0.184. The molecule has 2 aliphatic heterocycles. The number of ether oxygens (including phenoxy) is 2. The van der Waals surface area contributed by atoms with Crippen LogP contribution < -0.4 is 24.6 Å². The van der Waals surface area contributed by atoms with Gasteiger partial charge in [0, 0.05) is 28.6 Å². The second-order valence-corrected chi connectivity index (χ2v) is 13.2. The van der Waals surface area contributed by atoms with E-state index in [-0.39, 0.29) is 22.9 Å². The molecule has 3 heterocycles. The van der Waals surface area contributed by atoms with Crippen molar-refractivity contribution >= 4 is 81.1 Å². The first-order chi connectivity index (χ1) is 22.0. The molecule has 3 unspecified atom stereocenters. The van der Waals surface area contributed by atoms with Gasteiger partial charge in [0.15, 0.2) is 11.5 Å². The van der Waals surface area contributed by atoms with Crippen molar-refractivity contribution in [1.29, 1.82) is 0 Å². The van der Waals surface area contributed by atoms with Gasteiger partial charge in [0.05, 0.1) is 45.8 Å². The molecule has 12 nitrogen and oxygen atoms in total. The summed E-state index contributed by atoms with van der Waals surface area (Å²) in [7, 11) is 2.95. The average molecular weight is 702 g/mol. The number of rotatable bonds is 8. The van der Waals surface area contributed by atoms with E-state index >= 15 is 0 Å². The van der Waals surface area contributed by atoms with E-state index in [4.69, 9.17) is 32.7 Å². The van der Waals surface area contributed by atoms with Crippen molar-refractivity contribution in [2.75, 3.05) is 24.4 Å². The number of imide groups is 1. The second-order valence-electron chi connectivity index (χ2n) is 10.2. The molecule has 1 saturated heterocycles. The van der Waals surface area contributed by atoms with Crippen molar-refractivity contribution in [3.8, 4) is 11.5 Å². The highest BCUT2D eigenvalue weighted by Crippen LogP contribution is 2.54. The van der Waals surface area contributed by atoms with Crippen LogP contribution in [0.4, 0.5) is 17.1 Å². The first-order valence-electron chi connectivity index (χ1n) is 13.5.